The first-order chi connectivity index (χ1) is 27.1. The predicted molar refractivity (Wildman–Crippen MR) is 246 cm³/mol. The lowest BCUT2D eigenvalue weighted by atomic mass is 9.85. The molecule has 0 atom stereocenters. The summed E-state index contributed by atoms with van der Waals surface area (Å²) in [4.78, 5) is 21.3. The normalized spacial score (nSPS) is 28.9. The van der Waals surface area contributed by atoms with Crippen molar-refractivity contribution in [3.8, 4) is 0 Å². The fourth-order valence-corrected chi connectivity index (χ4v) is 9.81. The molecule has 5 aliphatic rings. The van der Waals surface area contributed by atoms with Crippen molar-refractivity contribution >= 4 is 12.1 Å². The minimum Gasteiger partial charge on any atom is -0.392 e. The molecular formula is C53H98O3. The minimum atomic E-state index is 0.227. The second-order valence-electron chi connectivity index (χ2n) is 19.7. The van der Waals surface area contributed by atoms with Crippen LogP contribution in [0.1, 0.15) is 254 Å². The number of aliphatic hydroxyl groups excluding tert-OH is 1. The first-order valence-corrected chi connectivity index (χ1v) is 25.0. The zero-order valence-electron chi connectivity index (χ0n) is 38.9. The second kappa shape index (κ2) is 35.7. The van der Waals surface area contributed by atoms with Crippen molar-refractivity contribution in [2.75, 3.05) is 6.61 Å². The van der Waals surface area contributed by atoms with Gasteiger partial charge in [-0.05, 0) is 113 Å². The standard InChI is InChI=1S/2C11H20O.C11H22.C11H20.C9H16O/c2*1-10-4-2-6-11(8-9-12)7-3-5-10;2*1-3-11-8-4-6-10(2)7-5-9-11;1-8-4-2-6-9(10)7-3-5-8/h9-11H,2-8H2,1H3;8,10,12H,2-7,9H2,1H3;10-11H,3-9H2,1-2H3;3,10H,4-9H2,1-2H3;8H,2-7H2,1H3. The first kappa shape index (κ1) is 52.8. The molecule has 1 N–H and O–H groups in total. The van der Waals surface area contributed by atoms with Gasteiger partial charge in [-0.25, -0.2) is 0 Å². The van der Waals surface area contributed by atoms with Crippen LogP contribution in [0.15, 0.2) is 23.3 Å². The van der Waals surface area contributed by atoms with Gasteiger partial charge in [-0.1, -0.05) is 187 Å². The number of allylic oxidation sites excluding steroid dienone is 3. The maximum atomic E-state index is 10.9. The van der Waals surface area contributed by atoms with Crippen LogP contribution in [-0.4, -0.2) is 23.8 Å². The molecule has 5 aliphatic carbocycles. The molecule has 0 unspecified atom stereocenters. The Morgan fingerprint density at radius 1 is 0.482 bits per heavy atom. The van der Waals surface area contributed by atoms with Crippen molar-refractivity contribution < 1.29 is 14.7 Å². The van der Waals surface area contributed by atoms with Crippen molar-refractivity contribution in [3.05, 3.63) is 23.3 Å². The lowest BCUT2D eigenvalue weighted by molar-refractivity contribution is -0.119. The van der Waals surface area contributed by atoms with E-state index in [0.717, 1.165) is 73.9 Å². The summed E-state index contributed by atoms with van der Waals surface area (Å²) in [5.74, 6) is 6.92. The van der Waals surface area contributed by atoms with E-state index in [1.165, 1.54) is 179 Å². The highest BCUT2D eigenvalue weighted by atomic mass is 16.2. The quantitative estimate of drug-likeness (QED) is 0.228. The molecule has 5 fully saturated rings. The van der Waals surface area contributed by atoms with E-state index in [2.05, 4.69) is 54.5 Å². The molecule has 0 radical (unpaired) electrons. The van der Waals surface area contributed by atoms with E-state index >= 15 is 0 Å². The van der Waals surface area contributed by atoms with Gasteiger partial charge in [0, 0.05) is 19.3 Å². The Balaban J connectivity index is 0.000000350. The van der Waals surface area contributed by atoms with Crippen LogP contribution < -0.4 is 0 Å². The first-order valence-electron chi connectivity index (χ1n) is 25.0. The summed E-state index contributed by atoms with van der Waals surface area (Å²) < 4.78 is 0. The Morgan fingerprint density at radius 2 is 0.804 bits per heavy atom. The number of aliphatic hydroxyl groups is 1. The smallest absolute Gasteiger partial charge is 0.132 e. The van der Waals surface area contributed by atoms with Crippen LogP contribution in [0.3, 0.4) is 0 Å². The van der Waals surface area contributed by atoms with Crippen LogP contribution in [0.25, 0.3) is 0 Å². The van der Waals surface area contributed by atoms with E-state index in [1.54, 1.807) is 5.57 Å². The van der Waals surface area contributed by atoms with E-state index in [9.17, 15) is 9.59 Å². The molecule has 0 aromatic rings. The van der Waals surface area contributed by atoms with E-state index in [1.807, 2.05) is 6.08 Å². The number of aldehydes is 1. The zero-order valence-corrected chi connectivity index (χ0v) is 38.9. The SMILES string of the molecule is CC1CCCC(=CCO)CCC1.CC1CCCC(=O)CCC1.CC1CCCC(CC=O)CCC1.CC=C1CCCC(C)CCC1.CCC1CCCC(C)CCC1. The van der Waals surface area contributed by atoms with Crippen LogP contribution in [0, 0.1) is 41.4 Å². The molecule has 5 saturated carbocycles. The van der Waals surface area contributed by atoms with E-state index in [-0.39, 0.29) is 6.61 Å². The Bertz CT molecular complexity index is 939. The molecular weight excluding hydrogens is 685 g/mol. The van der Waals surface area contributed by atoms with Gasteiger partial charge in [-0.15, -0.1) is 0 Å². The van der Waals surface area contributed by atoms with Gasteiger partial charge in [0.1, 0.15) is 12.1 Å². The summed E-state index contributed by atoms with van der Waals surface area (Å²) in [6.45, 7) is 16.5. The lowest BCUT2D eigenvalue weighted by Gasteiger charge is -2.21. The Kier molecular flexibility index (Phi) is 33.7. The van der Waals surface area contributed by atoms with Crippen molar-refractivity contribution in [1.82, 2.24) is 0 Å². The third-order valence-electron chi connectivity index (χ3n) is 14.1. The largest absolute Gasteiger partial charge is 0.392 e. The maximum Gasteiger partial charge on any atom is 0.132 e. The average molecular weight is 783 g/mol. The maximum absolute atomic E-state index is 10.9. The summed E-state index contributed by atoms with van der Waals surface area (Å²) in [7, 11) is 0. The van der Waals surface area contributed by atoms with Crippen LogP contribution in [0.4, 0.5) is 0 Å². The molecule has 56 heavy (non-hydrogen) atoms. The average Bonchev–Trinajstić information content (AvgIpc) is 3.13. The predicted octanol–water partition coefficient (Wildman–Crippen LogP) is 16.5. The molecule has 3 nitrogen and oxygen atoms in total. The highest BCUT2D eigenvalue weighted by Gasteiger charge is 2.15. The van der Waals surface area contributed by atoms with E-state index in [0.29, 0.717) is 11.7 Å². The zero-order chi connectivity index (χ0) is 41.2. The molecule has 3 heteroatoms. The summed E-state index contributed by atoms with van der Waals surface area (Å²) in [5.41, 5.74) is 3.17. The van der Waals surface area contributed by atoms with Gasteiger partial charge < -0.3 is 9.90 Å². The van der Waals surface area contributed by atoms with Crippen molar-refractivity contribution in [2.45, 2.75) is 254 Å². The third-order valence-corrected chi connectivity index (χ3v) is 14.1. The molecule has 0 saturated heterocycles. The van der Waals surface area contributed by atoms with Crippen LogP contribution in [-0.2, 0) is 9.59 Å². The minimum absolute atomic E-state index is 0.227. The molecule has 0 heterocycles. The Hall–Kier alpha value is -1.22. The monoisotopic (exact) mass is 783 g/mol. The van der Waals surface area contributed by atoms with Crippen molar-refractivity contribution in [2.24, 2.45) is 41.4 Å². The summed E-state index contributed by atoms with van der Waals surface area (Å²) >= 11 is 0. The number of carbonyl (C=O) groups is 2. The second-order valence-corrected chi connectivity index (χ2v) is 19.7. The van der Waals surface area contributed by atoms with Crippen molar-refractivity contribution in [3.63, 3.8) is 0 Å². The van der Waals surface area contributed by atoms with Gasteiger partial charge in [0.15, 0.2) is 0 Å². The van der Waals surface area contributed by atoms with Gasteiger partial charge in [0.2, 0.25) is 0 Å². The number of hydrogen-bond donors (Lipinski definition) is 1. The third kappa shape index (κ3) is 29.9. The van der Waals surface area contributed by atoms with Crippen molar-refractivity contribution in [1.29, 1.82) is 0 Å². The number of carbonyl (C=O) groups excluding carboxylic acids is 2. The molecule has 0 bridgehead atoms. The number of Topliss-reactive ketones (excluding diaryl/α,β-unsaturated/α-hetero) is 1. The van der Waals surface area contributed by atoms with E-state index < -0.39 is 0 Å². The van der Waals surface area contributed by atoms with E-state index in [4.69, 9.17) is 5.11 Å². The number of ketones is 1. The highest BCUT2D eigenvalue weighted by Crippen LogP contribution is 2.29. The Labute approximate surface area is 350 Å². The molecule has 0 aromatic carbocycles. The molecule has 0 amide bonds. The van der Waals surface area contributed by atoms with Gasteiger partial charge in [-0.2, -0.15) is 0 Å². The fraction of sp³-hybridized carbons (Fsp3) is 0.887. The molecule has 0 aliphatic heterocycles. The molecule has 5 rings (SSSR count). The van der Waals surface area contributed by atoms with Gasteiger partial charge in [-0.3, -0.25) is 4.79 Å². The Morgan fingerprint density at radius 3 is 1.12 bits per heavy atom. The lowest BCUT2D eigenvalue weighted by Crippen LogP contribution is -2.07. The van der Waals surface area contributed by atoms with Gasteiger partial charge in [0.05, 0.1) is 6.61 Å². The van der Waals surface area contributed by atoms with Crippen LogP contribution in [0.5, 0.6) is 0 Å². The summed E-state index contributed by atoms with van der Waals surface area (Å²) in [6.07, 6.45) is 47.2. The summed E-state index contributed by atoms with van der Waals surface area (Å²) in [6, 6.07) is 0. The topological polar surface area (TPSA) is 54.4 Å². The number of hydrogen-bond acceptors (Lipinski definition) is 3. The van der Waals surface area contributed by atoms with Crippen LogP contribution >= 0.6 is 0 Å². The highest BCUT2D eigenvalue weighted by molar-refractivity contribution is 5.78. The van der Waals surface area contributed by atoms with Gasteiger partial charge in [0.25, 0.3) is 0 Å². The molecule has 0 aromatic heterocycles. The molecule has 328 valence electrons. The van der Waals surface area contributed by atoms with Crippen LogP contribution in [0.2, 0.25) is 0 Å². The fourth-order valence-electron chi connectivity index (χ4n) is 9.81. The van der Waals surface area contributed by atoms with Gasteiger partial charge >= 0.3 is 0 Å². The summed E-state index contributed by atoms with van der Waals surface area (Å²) in [5, 5.41) is 8.76. The number of rotatable bonds is 4. The molecule has 0 spiro atoms.